The Morgan fingerprint density at radius 2 is 2.00 bits per heavy atom. The zero-order valence-corrected chi connectivity index (χ0v) is 12.1. The minimum atomic E-state index is -0.519. The molecule has 0 saturated heterocycles. The van der Waals surface area contributed by atoms with E-state index >= 15 is 0 Å². The van der Waals surface area contributed by atoms with E-state index in [2.05, 4.69) is 20.8 Å². The molecule has 3 amide bonds. The summed E-state index contributed by atoms with van der Waals surface area (Å²) in [6.45, 7) is 0. The van der Waals surface area contributed by atoms with Crippen molar-refractivity contribution in [2.24, 2.45) is 0 Å². The number of amides is 3. The molecule has 0 unspecified atom stereocenters. The molecule has 1 heterocycles. The number of hydrogen-bond donors (Lipinski definition) is 2. The summed E-state index contributed by atoms with van der Waals surface area (Å²) in [5.74, 6) is 0.525. The third kappa shape index (κ3) is 4.60. The molecule has 2 N–H and O–H groups in total. The topological polar surface area (TPSA) is 97.1 Å². The van der Waals surface area contributed by atoms with Crippen LogP contribution in [0.3, 0.4) is 0 Å². The largest absolute Gasteiger partial charge is 0.411 e. The first kappa shape index (κ1) is 15.0. The van der Waals surface area contributed by atoms with Crippen LogP contribution in [0.5, 0.6) is 0 Å². The zero-order valence-electron chi connectivity index (χ0n) is 11.3. The van der Waals surface area contributed by atoms with Crippen LogP contribution in [0.2, 0.25) is 0 Å². The average molecular weight is 306 g/mol. The van der Waals surface area contributed by atoms with Crippen molar-refractivity contribution >= 4 is 23.7 Å². The SMILES string of the molecule is CNC(=O)NC(=O)CCSc1nnc(-c2ccccc2)o1. The number of rotatable bonds is 5. The van der Waals surface area contributed by atoms with Gasteiger partial charge in [-0.25, -0.2) is 4.79 Å². The lowest BCUT2D eigenvalue weighted by atomic mass is 10.2. The number of carbonyl (C=O) groups excluding carboxylic acids is 2. The van der Waals surface area contributed by atoms with Crippen molar-refractivity contribution in [1.29, 1.82) is 0 Å². The number of carbonyl (C=O) groups is 2. The second kappa shape index (κ2) is 7.44. The molecule has 0 atom stereocenters. The Balaban J connectivity index is 1.81. The smallest absolute Gasteiger partial charge is 0.321 e. The van der Waals surface area contributed by atoms with Gasteiger partial charge in [0.2, 0.25) is 11.8 Å². The molecule has 0 aliphatic heterocycles. The van der Waals surface area contributed by atoms with E-state index in [1.54, 1.807) is 0 Å². The minimum Gasteiger partial charge on any atom is -0.411 e. The molecule has 0 spiro atoms. The molecule has 21 heavy (non-hydrogen) atoms. The van der Waals surface area contributed by atoms with Gasteiger partial charge in [-0.05, 0) is 12.1 Å². The van der Waals surface area contributed by atoms with Gasteiger partial charge < -0.3 is 9.73 Å². The Hall–Kier alpha value is -2.35. The minimum absolute atomic E-state index is 0.182. The van der Waals surface area contributed by atoms with Crippen molar-refractivity contribution in [1.82, 2.24) is 20.8 Å². The third-order valence-corrected chi connectivity index (χ3v) is 3.28. The van der Waals surface area contributed by atoms with Crippen molar-refractivity contribution < 1.29 is 14.0 Å². The summed E-state index contributed by atoms with van der Waals surface area (Å²) in [6.07, 6.45) is 0.182. The normalized spacial score (nSPS) is 10.1. The number of nitrogens with zero attached hydrogens (tertiary/aromatic N) is 2. The van der Waals surface area contributed by atoms with Gasteiger partial charge >= 0.3 is 6.03 Å². The number of imide groups is 1. The lowest BCUT2D eigenvalue weighted by Crippen LogP contribution is -2.37. The highest BCUT2D eigenvalue weighted by atomic mass is 32.2. The van der Waals surface area contributed by atoms with Gasteiger partial charge in [0.05, 0.1) is 0 Å². The van der Waals surface area contributed by atoms with Crippen molar-refractivity contribution in [2.45, 2.75) is 11.6 Å². The maximum Gasteiger partial charge on any atom is 0.321 e. The molecule has 0 aliphatic carbocycles. The number of thioether (sulfide) groups is 1. The molecular formula is C13H14N4O3S. The lowest BCUT2D eigenvalue weighted by molar-refractivity contribution is -0.119. The molecule has 7 nitrogen and oxygen atoms in total. The van der Waals surface area contributed by atoms with Crippen molar-refractivity contribution in [3.8, 4) is 11.5 Å². The first-order valence-electron chi connectivity index (χ1n) is 6.22. The summed E-state index contributed by atoms with van der Waals surface area (Å²) >= 11 is 1.27. The number of urea groups is 1. The maximum absolute atomic E-state index is 11.4. The Morgan fingerprint density at radius 1 is 1.24 bits per heavy atom. The van der Waals surface area contributed by atoms with Crippen LogP contribution in [0.4, 0.5) is 4.79 Å². The number of benzene rings is 1. The second-order valence-electron chi connectivity index (χ2n) is 3.96. The van der Waals surface area contributed by atoms with Crippen LogP contribution in [0.15, 0.2) is 40.0 Å². The van der Waals surface area contributed by atoms with E-state index in [4.69, 9.17) is 4.42 Å². The molecule has 1 aromatic heterocycles. The van der Waals surface area contributed by atoms with Gasteiger partial charge in [-0.3, -0.25) is 10.1 Å². The van der Waals surface area contributed by atoms with Crippen molar-refractivity contribution in [3.63, 3.8) is 0 Å². The highest BCUT2D eigenvalue weighted by Crippen LogP contribution is 2.23. The number of hydrogen-bond acceptors (Lipinski definition) is 6. The standard InChI is InChI=1S/C13H14N4O3S/c1-14-12(19)15-10(18)7-8-21-13-17-16-11(20-13)9-5-3-2-4-6-9/h2-6H,7-8H2,1H3,(H2,14,15,18,19). The maximum atomic E-state index is 11.4. The number of aromatic nitrogens is 2. The summed E-state index contributed by atoms with van der Waals surface area (Å²) in [6, 6.07) is 8.90. The molecule has 0 saturated carbocycles. The van der Waals surface area contributed by atoms with Gasteiger partial charge in [-0.1, -0.05) is 30.0 Å². The van der Waals surface area contributed by atoms with Crippen LogP contribution < -0.4 is 10.6 Å². The Labute approximate surface area is 125 Å². The predicted octanol–water partition coefficient (Wildman–Crippen LogP) is 1.67. The van der Waals surface area contributed by atoms with Gasteiger partial charge in [0, 0.05) is 24.8 Å². The first-order valence-corrected chi connectivity index (χ1v) is 7.21. The van der Waals surface area contributed by atoms with Gasteiger partial charge in [-0.2, -0.15) is 0 Å². The van der Waals surface area contributed by atoms with E-state index in [1.165, 1.54) is 18.8 Å². The fourth-order valence-corrected chi connectivity index (χ4v) is 2.15. The van der Waals surface area contributed by atoms with Crippen molar-refractivity contribution in [2.75, 3.05) is 12.8 Å². The number of nitrogens with one attached hydrogen (secondary N) is 2. The third-order valence-electron chi connectivity index (χ3n) is 2.46. The summed E-state index contributed by atoms with van der Waals surface area (Å²) in [5, 5.41) is 12.7. The van der Waals surface area contributed by atoms with Crippen LogP contribution in [-0.2, 0) is 4.79 Å². The molecule has 2 rings (SSSR count). The molecular weight excluding hydrogens is 292 g/mol. The van der Waals surface area contributed by atoms with E-state index in [1.807, 2.05) is 30.3 Å². The molecule has 0 bridgehead atoms. The van der Waals surface area contributed by atoms with Crippen LogP contribution in [0, 0.1) is 0 Å². The predicted molar refractivity (Wildman–Crippen MR) is 77.7 cm³/mol. The molecule has 0 aliphatic rings. The highest BCUT2D eigenvalue weighted by Gasteiger charge is 2.10. The van der Waals surface area contributed by atoms with Crippen LogP contribution in [-0.4, -0.2) is 34.9 Å². The van der Waals surface area contributed by atoms with E-state index in [-0.39, 0.29) is 12.3 Å². The molecule has 0 fully saturated rings. The molecule has 110 valence electrons. The summed E-state index contributed by atoms with van der Waals surface area (Å²) in [4.78, 5) is 22.3. The Kier molecular flexibility index (Phi) is 5.33. The summed E-state index contributed by atoms with van der Waals surface area (Å²) < 4.78 is 5.48. The summed E-state index contributed by atoms with van der Waals surface area (Å²) in [5.41, 5.74) is 0.842. The van der Waals surface area contributed by atoms with Crippen molar-refractivity contribution in [3.05, 3.63) is 30.3 Å². The Morgan fingerprint density at radius 3 is 2.71 bits per heavy atom. The monoisotopic (exact) mass is 306 g/mol. The quantitative estimate of drug-likeness (QED) is 0.816. The highest BCUT2D eigenvalue weighted by molar-refractivity contribution is 7.99. The van der Waals surface area contributed by atoms with Gasteiger partial charge in [0.1, 0.15) is 0 Å². The fourth-order valence-electron chi connectivity index (χ4n) is 1.45. The first-order chi connectivity index (χ1) is 10.2. The van der Waals surface area contributed by atoms with Gasteiger partial charge in [0.15, 0.2) is 0 Å². The lowest BCUT2D eigenvalue weighted by Gasteiger charge is -2.01. The average Bonchev–Trinajstić information content (AvgIpc) is 2.97. The summed E-state index contributed by atoms with van der Waals surface area (Å²) in [7, 11) is 1.45. The van der Waals surface area contributed by atoms with E-state index in [0.717, 1.165) is 5.56 Å². The van der Waals surface area contributed by atoms with E-state index in [0.29, 0.717) is 16.9 Å². The molecule has 0 radical (unpaired) electrons. The molecule has 8 heteroatoms. The van der Waals surface area contributed by atoms with Crippen LogP contribution in [0.1, 0.15) is 6.42 Å². The van der Waals surface area contributed by atoms with Crippen LogP contribution >= 0.6 is 11.8 Å². The Bertz CT molecular complexity index is 615. The van der Waals surface area contributed by atoms with Gasteiger partial charge in [-0.15, -0.1) is 10.2 Å². The van der Waals surface area contributed by atoms with E-state index in [9.17, 15) is 9.59 Å². The van der Waals surface area contributed by atoms with Gasteiger partial charge in [0.25, 0.3) is 5.22 Å². The zero-order chi connectivity index (χ0) is 15.1. The molecule has 1 aromatic carbocycles. The second-order valence-corrected chi connectivity index (χ2v) is 5.01. The van der Waals surface area contributed by atoms with Crippen LogP contribution in [0.25, 0.3) is 11.5 Å². The van der Waals surface area contributed by atoms with E-state index < -0.39 is 6.03 Å². The molecule has 2 aromatic rings. The fraction of sp³-hybridized carbons (Fsp3) is 0.231.